The van der Waals surface area contributed by atoms with Gasteiger partial charge in [0.05, 0.1) is 0 Å². The van der Waals surface area contributed by atoms with Crippen molar-refractivity contribution in [1.82, 2.24) is 0 Å². The Bertz CT molecular complexity index is 680. The van der Waals surface area contributed by atoms with Gasteiger partial charge in [-0.3, -0.25) is 4.79 Å². The highest BCUT2D eigenvalue weighted by molar-refractivity contribution is 9.10. The summed E-state index contributed by atoms with van der Waals surface area (Å²) in [6, 6.07) is 8.95. The van der Waals surface area contributed by atoms with Crippen LogP contribution in [-0.2, 0) is 0 Å². The van der Waals surface area contributed by atoms with Crippen molar-refractivity contribution in [2.75, 3.05) is 5.32 Å². The maximum atomic E-state index is 12.3. The third kappa shape index (κ3) is 2.85. The van der Waals surface area contributed by atoms with Gasteiger partial charge in [0.1, 0.15) is 5.75 Å². The second-order valence-electron chi connectivity index (χ2n) is 4.82. The lowest BCUT2D eigenvalue weighted by atomic mass is 10.1. The SMILES string of the molecule is Cc1cc(NC(=O)c2cccc(Br)c2C)c(C)cc1O. The standard InChI is InChI=1S/C16H16BrNO2/c1-9-8-15(19)10(2)7-14(9)18-16(20)12-5-4-6-13(17)11(12)3/h4-8,19H,1-3H3,(H,18,20). The van der Waals surface area contributed by atoms with Crippen LogP contribution in [0.3, 0.4) is 0 Å². The molecular formula is C16H16BrNO2. The summed E-state index contributed by atoms with van der Waals surface area (Å²) in [5.41, 5.74) is 3.80. The zero-order valence-electron chi connectivity index (χ0n) is 11.6. The smallest absolute Gasteiger partial charge is 0.255 e. The number of phenols is 1. The molecule has 0 aromatic heterocycles. The third-order valence-corrected chi connectivity index (χ3v) is 4.16. The number of halogens is 1. The van der Waals surface area contributed by atoms with Crippen LogP contribution in [0.25, 0.3) is 0 Å². The van der Waals surface area contributed by atoms with E-state index in [4.69, 9.17) is 0 Å². The number of benzene rings is 2. The Labute approximate surface area is 126 Å². The third-order valence-electron chi connectivity index (χ3n) is 3.30. The molecule has 2 aromatic rings. The van der Waals surface area contributed by atoms with Gasteiger partial charge in [-0.25, -0.2) is 0 Å². The van der Waals surface area contributed by atoms with Crippen LogP contribution >= 0.6 is 15.9 Å². The average molecular weight is 334 g/mol. The summed E-state index contributed by atoms with van der Waals surface area (Å²) in [7, 11) is 0. The quantitative estimate of drug-likeness (QED) is 0.803. The molecule has 3 nitrogen and oxygen atoms in total. The van der Waals surface area contributed by atoms with E-state index in [-0.39, 0.29) is 11.7 Å². The van der Waals surface area contributed by atoms with Crippen LogP contribution in [0.4, 0.5) is 5.69 Å². The van der Waals surface area contributed by atoms with Crippen molar-refractivity contribution < 1.29 is 9.90 Å². The van der Waals surface area contributed by atoms with Crippen molar-refractivity contribution >= 4 is 27.5 Å². The number of hydrogen-bond acceptors (Lipinski definition) is 2. The van der Waals surface area contributed by atoms with Crippen LogP contribution in [-0.4, -0.2) is 11.0 Å². The molecule has 0 aliphatic carbocycles. The summed E-state index contributed by atoms with van der Waals surface area (Å²) >= 11 is 3.42. The van der Waals surface area contributed by atoms with Crippen molar-refractivity contribution in [3.8, 4) is 5.75 Å². The number of nitrogens with one attached hydrogen (secondary N) is 1. The van der Waals surface area contributed by atoms with E-state index in [0.29, 0.717) is 11.3 Å². The lowest BCUT2D eigenvalue weighted by Crippen LogP contribution is -2.14. The zero-order chi connectivity index (χ0) is 14.9. The lowest BCUT2D eigenvalue weighted by molar-refractivity contribution is 0.102. The summed E-state index contributed by atoms with van der Waals surface area (Å²) in [4.78, 5) is 12.3. The van der Waals surface area contributed by atoms with Gasteiger partial charge in [0.25, 0.3) is 5.91 Å². The minimum Gasteiger partial charge on any atom is -0.508 e. The molecule has 0 atom stereocenters. The normalized spacial score (nSPS) is 10.4. The van der Waals surface area contributed by atoms with Crippen LogP contribution in [0, 0.1) is 20.8 Å². The predicted octanol–water partition coefficient (Wildman–Crippen LogP) is 4.33. The minimum absolute atomic E-state index is 0.156. The van der Waals surface area contributed by atoms with E-state index in [2.05, 4.69) is 21.2 Å². The van der Waals surface area contributed by atoms with Crippen LogP contribution in [0.5, 0.6) is 5.75 Å². The molecule has 2 aromatic carbocycles. The number of carbonyl (C=O) groups excluding carboxylic acids is 1. The van der Waals surface area contributed by atoms with Crippen molar-refractivity contribution in [3.63, 3.8) is 0 Å². The van der Waals surface area contributed by atoms with Crippen molar-refractivity contribution in [3.05, 3.63) is 57.1 Å². The molecule has 0 radical (unpaired) electrons. The van der Waals surface area contributed by atoms with Gasteiger partial charge in [-0.1, -0.05) is 22.0 Å². The van der Waals surface area contributed by atoms with E-state index < -0.39 is 0 Å². The van der Waals surface area contributed by atoms with Crippen LogP contribution in [0.2, 0.25) is 0 Å². The molecule has 2 rings (SSSR count). The second-order valence-corrected chi connectivity index (χ2v) is 5.67. The molecule has 104 valence electrons. The van der Waals surface area contributed by atoms with Gasteiger partial charge in [-0.05, 0) is 61.7 Å². The molecule has 0 aliphatic heterocycles. The van der Waals surface area contributed by atoms with Gasteiger partial charge in [0, 0.05) is 15.7 Å². The summed E-state index contributed by atoms with van der Waals surface area (Å²) in [6.45, 7) is 5.55. The van der Waals surface area contributed by atoms with Crippen LogP contribution in [0.1, 0.15) is 27.0 Å². The zero-order valence-corrected chi connectivity index (χ0v) is 13.2. The predicted molar refractivity (Wildman–Crippen MR) is 84.4 cm³/mol. The first-order valence-electron chi connectivity index (χ1n) is 6.27. The Morgan fingerprint density at radius 2 is 1.85 bits per heavy atom. The molecule has 0 heterocycles. The Hall–Kier alpha value is -1.81. The maximum absolute atomic E-state index is 12.3. The number of aromatic hydroxyl groups is 1. The minimum atomic E-state index is -0.156. The molecule has 0 spiro atoms. The van der Waals surface area contributed by atoms with Gasteiger partial charge in [0.2, 0.25) is 0 Å². The summed E-state index contributed by atoms with van der Waals surface area (Å²) in [5, 5.41) is 12.5. The first-order valence-corrected chi connectivity index (χ1v) is 7.06. The number of carbonyl (C=O) groups is 1. The Kier molecular flexibility index (Phi) is 4.14. The van der Waals surface area contributed by atoms with Gasteiger partial charge in [-0.15, -0.1) is 0 Å². The largest absolute Gasteiger partial charge is 0.508 e. The molecule has 20 heavy (non-hydrogen) atoms. The molecule has 0 fully saturated rings. The van der Waals surface area contributed by atoms with E-state index in [1.54, 1.807) is 25.1 Å². The summed E-state index contributed by atoms with van der Waals surface area (Å²) in [5.74, 6) is 0.0797. The Morgan fingerprint density at radius 1 is 1.15 bits per heavy atom. The number of anilines is 1. The second kappa shape index (κ2) is 5.67. The van der Waals surface area contributed by atoms with E-state index in [1.807, 2.05) is 26.0 Å². The number of phenolic OH excluding ortho intramolecular Hbond substituents is 1. The summed E-state index contributed by atoms with van der Waals surface area (Å²) < 4.78 is 0.906. The fraction of sp³-hybridized carbons (Fsp3) is 0.188. The molecular weight excluding hydrogens is 318 g/mol. The highest BCUT2D eigenvalue weighted by Crippen LogP contribution is 2.26. The van der Waals surface area contributed by atoms with Gasteiger partial charge in [0.15, 0.2) is 0 Å². The maximum Gasteiger partial charge on any atom is 0.255 e. The molecule has 1 amide bonds. The van der Waals surface area contributed by atoms with Crippen molar-refractivity contribution in [2.45, 2.75) is 20.8 Å². The topological polar surface area (TPSA) is 49.3 Å². The molecule has 0 aliphatic rings. The van der Waals surface area contributed by atoms with Crippen molar-refractivity contribution in [1.29, 1.82) is 0 Å². The monoisotopic (exact) mass is 333 g/mol. The van der Waals surface area contributed by atoms with E-state index in [1.165, 1.54) is 0 Å². The lowest BCUT2D eigenvalue weighted by Gasteiger charge is -2.12. The van der Waals surface area contributed by atoms with E-state index >= 15 is 0 Å². The van der Waals surface area contributed by atoms with Gasteiger partial charge < -0.3 is 10.4 Å². The Morgan fingerprint density at radius 3 is 2.55 bits per heavy atom. The first-order chi connectivity index (χ1) is 9.40. The molecule has 2 N–H and O–H groups in total. The van der Waals surface area contributed by atoms with E-state index in [9.17, 15) is 9.90 Å². The van der Waals surface area contributed by atoms with Crippen molar-refractivity contribution in [2.24, 2.45) is 0 Å². The highest BCUT2D eigenvalue weighted by atomic mass is 79.9. The molecule has 4 heteroatoms. The van der Waals surface area contributed by atoms with Gasteiger partial charge >= 0.3 is 0 Å². The molecule has 0 unspecified atom stereocenters. The number of amides is 1. The van der Waals surface area contributed by atoms with Gasteiger partial charge in [-0.2, -0.15) is 0 Å². The number of aryl methyl sites for hydroxylation is 2. The molecule has 0 bridgehead atoms. The average Bonchev–Trinajstić information content (AvgIpc) is 2.39. The number of hydrogen-bond donors (Lipinski definition) is 2. The highest BCUT2D eigenvalue weighted by Gasteiger charge is 2.12. The number of rotatable bonds is 2. The molecule has 0 saturated carbocycles. The first kappa shape index (κ1) is 14.6. The fourth-order valence-corrected chi connectivity index (χ4v) is 2.34. The van der Waals surface area contributed by atoms with Crippen LogP contribution < -0.4 is 5.32 Å². The van der Waals surface area contributed by atoms with E-state index in [0.717, 1.165) is 21.2 Å². The Balaban J connectivity index is 2.33. The molecule has 0 saturated heterocycles. The van der Waals surface area contributed by atoms with Crippen LogP contribution in [0.15, 0.2) is 34.8 Å². The fourth-order valence-electron chi connectivity index (χ4n) is 1.98. The summed E-state index contributed by atoms with van der Waals surface area (Å²) in [6.07, 6.45) is 0.